The molecule has 0 aromatic rings. The maximum Gasteiger partial charge on any atom is 0.407 e. The van der Waals surface area contributed by atoms with Crippen molar-refractivity contribution in [2.75, 3.05) is 108 Å². The number of Topliss-reactive ketones (excluding diaryl/α,β-unsaturated/α-hetero) is 2. The number of nitrogens with one attached hydrogen (secondary N) is 2. The number of amides is 3. The summed E-state index contributed by atoms with van der Waals surface area (Å²) in [6.45, 7) is 16.6. The summed E-state index contributed by atoms with van der Waals surface area (Å²) in [6.07, 6.45) is 9.40. The Kier molecular flexibility index (Phi) is 35.6. The van der Waals surface area contributed by atoms with E-state index in [0.29, 0.717) is 129 Å². The maximum atomic E-state index is 14.7. The van der Waals surface area contributed by atoms with Crippen molar-refractivity contribution in [2.24, 2.45) is 35.5 Å². The van der Waals surface area contributed by atoms with E-state index in [1.807, 2.05) is 58.1 Å². The van der Waals surface area contributed by atoms with Crippen molar-refractivity contribution in [1.82, 2.24) is 15.5 Å². The molecule has 1 unspecified atom stereocenters. The standard InChI is InChI=1S/C66H109N3O20/c1-43-17-13-12-14-18-44(2)55(80-9)41-51-22-20-49(7)66(78,89-51)62(74)63(75)69-27-16-15-19-52(69)64(76)87-56(42-53(70)45(3)38-48(6)60(73)61(82-11)59(72)47(5)37-43)46(4)39-50-21-23-54(57(40-50)81-10)88-65(77)68-26-30-84-32-34-86-36-35-85-33-31-83-28-24-58(71)67-25-29-79-8/h12-14,17-18,38,43,45-47,49-57,60-61,70,73,78H,15-16,19-37,39-42H2,1-11H3,(H,67,71)(H,68,77)/b14-12+,17-13+,44-18+,48-38+/t43-,45?,46-,47-,49-,50+,51+,52+,53-,54-,55+,56+,57-,60-,61+,66-/m1/s1. The number of fused-ring (bicyclic) bond motifs is 3. The number of piperidine rings is 1. The van der Waals surface area contributed by atoms with Gasteiger partial charge in [-0.25, -0.2) is 9.59 Å². The number of rotatable bonds is 25. The largest absolute Gasteiger partial charge is 0.460 e. The highest BCUT2D eigenvalue weighted by molar-refractivity contribution is 6.39. The van der Waals surface area contributed by atoms with E-state index in [2.05, 4.69) is 10.6 Å². The Balaban J connectivity index is 1.42. The van der Waals surface area contributed by atoms with Gasteiger partial charge in [0.05, 0.1) is 83.9 Å². The minimum absolute atomic E-state index is 0.000950. The molecule has 4 aliphatic rings. The third kappa shape index (κ3) is 25.8. The highest BCUT2D eigenvalue weighted by Gasteiger charge is 2.53. The van der Waals surface area contributed by atoms with Gasteiger partial charge in [-0.15, -0.1) is 0 Å². The van der Waals surface area contributed by atoms with Crippen molar-refractivity contribution >= 4 is 35.4 Å². The quantitative estimate of drug-likeness (QED) is 0.0306. The van der Waals surface area contributed by atoms with Crippen LogP contribution in [0.1, 0.15) is 132 Å². The molecule has 5 N–H and O–H groups in total. The second-order valence-electron chi connectivity index (χ2n) is 24.6. The van der Waals surface area contributed by atoms with E-state index in [0.717, 1.165) is 5.57 Å². The number of carbonyl (C=O) groups excluding carboxylic acids is 6. The minimum atomic E-state index is -2.46. The molecule has 1 aliphatic carbocycles. The van der Waals surface area contributed by atoms with Crippen molar-refractivity contribution in [3.63, 3.8) is 0 Å². The molecular formula is C66H109N3O20. The lowest BCUT2D eigenvalue weighted by atomic mass is 9.78. The number of alkyl carbamates (subject to hydrolysis) is 1. The summed E-state index contributed by atoms with van der Waals surface area (Å²) in [5, 5.41) is 41.2. The van der Waals surface area contributed by atoms with E-state index in [1.165, 1.54) is 12.0 Å². The third-order valence-corrected chi connectivity index (χ3v) is 17.6. The summed E-state index contributed by atoms with van der Waals surface area (Å²) in [4.78, 5) is 83.3. The van der Waals surface area contributed by atoms with Crippen LogP contribution in [0.2, 0.25) is 0 Å². The number of aliphatic hydroxyl groups is 3. The van der Waals surface area contributed by atoms with Gasteiger partial charge in [0.25, 0.3) is 11.7 Å². The van der Waals surface area contributed by atoms with Crippen LogP contribution in [0, 0.1) is 35.5 Å². The Morgan fingerprint density at radius 1 is 0.730 bits per heavy atom. The molecule has 1 saturated carbocycles. The summed E-state index contributed by atoms with van der Waals surface area (Å²) in [5.74, 6) is -7.92. The second-order valence-corrected chi connectivity index (χ2v) is 24.6. The van der Waals surface area contributed by atoms with E-state index in [-0.39, 0.29) is 68.4 Å². The number of ether oxygens (including phenoxy) is 11. The number of nitrogens with zero attached hydrogens (tertiary/aromatic N) is 1. The predicted octanol–water partition coefficient (Wildman–Crippen LogP) is 5.93. The third-order valence-electron chi connectivity index (χ3n) is 17.6. The maximum absolute atomic E-state index is 14.7. The first kappa shape index (κ1) is 77.0. The highest BCUT2D eigenvalue weighted by atomic mass is 16.6. The van der Waals surface area contributed by atoms with Gasteiger partial charge in [-0.3, -0.25) is 19.2 Å². The number of hydrogen-bond donors (Lipinski definition) is 5. The fraction of sp³-hybridized carbons (Fsp3) is 0.788. The van der Waals surface area contributed by atoms with Gasteiger partial charge in [0.15, 0.2) is 5.78 Å². The molecule has 23 heteroatoms. The second kappa shape index (κ2) is 41.2. The molecule has 0 radical (unpaired) electrons. The average molecular weight is 1260 g/mol. The lowest BCUT2D eigenvalue weighted by Gasteiger charge is -2.43. The fourth-order valence-electron chi connectivity index (χ4n) is 12.1. The molecule has 3 aliphatic heterocycles. The van der Waals surface area contributed by atoms with E-state index < -0.39 is 102 Å². The zero-order valence-corrected chi connectivity index (χ0v) is 55.0. The number of hydrogen-bond acceptors (Lipinski definition) is 20. The zero-order chi connectivity index (χ0) is 65.5. The van der Waals surface area contributed by atoms with E-state index >= 15 is 0 Å². The van der Waals surface area contributed by atoms with Gasteiger partial charge in [0.2, 0.25) is 11.7 Å². The SMILES string of the molecule is COCCNC(=O)CCOCCOCCOCCOCCNC(=O)O[C@@H]1CC[C@@H](C[C@@H](C)[C@@H]2C[C@@H](O)C(C)/C=C(\C)[C@@H](O)[C@@H](OC)C(=O)[C@H](C)C[C@H](C)/C=C/C=C/C=C(\C)[C@@H](OC)C[C@@H]3CC[C@@H](C)[C@@](O)(O3)C(=O)C(=O)N3CCCC[C@H]3C(=O)O2)C[C@H]1OC. The first-order chi connectivity index (χ1) is 42.6. The number of carbonyl (C=O) groups is 6. The number of aliphatic hydroxyl groups excluding tert-OH is 2. The van der Waals surface area contributed by atoms with Crippen molar-refractivity contribution < 1.29 is 96.2 Å². The number of allylic oxidation sites excluding steroid dienone is 5. The lowest BCUT2D eigenvalue weighted by molar-refractivity contribution is -0.265. The van der Waals surface area contributed by atoms with Gasteiger partial charge >= 0.3 is 12.1 Å². The van der Waals surface area contributed by atoms with Crippen LogP contribution in [0.5, 0.6) is 0 Å². The van der Waals surface area contributed by atoms with Gasteiger partial charge in [-0.1, -0.05) is 71.1 Å². The molecule has 3 fully saturated rings. The predicted molar refractivity (Wildman–Crippen MR) is 331 cm³/mol. The van der Waals surface area contributed by atoms with Crippen LogP contribution in [-0.2, 0) is 76.1 Å². The summed E-state index contributed by atoms with van der Waals surface area (Å²) in [7, 11) is 6.09. The summed E-state index contributed by atoms with van der Waals surface area (Å²) >= 11 is 0. The van der Waals surface area contributed by atoms with Crippen LogP contribution in [0.4, 0.5) is 4.79 Å². The lowest BCUT2D eigenvalue weighted by Crippen LogP contribution is -2.61. The molecule has 2 saturated heterocycles. The Hall–Kier alpha value is -4.50. The first-order valence-electron chi connectivity index (χ1n) is 32.2. The number of ketones is 2. The molecular weight excluding hydrogens is 1150 g/mol. The summed E-state index contributed by atoms with van der Waals surface area (Å²) in [5.41, 5.74) is 1.28. The van der Waals surface area contributed by atoms with Gasteiger partial charge in [0, 0.05) is 85.1 Å². The number of methoxy groups -OCH3 is 4. The monoisotopic (exact) mass is 1260 g/mol. The normalized spacial score (nSPS) is 33.3. The molecule has 23 nitrogen and oxygen atoms in total. The van der Waals surface area contributed by atoms with Crippen LogP contribution in [-0.4, -0.2) is 224 Å². The van der Waals surface area contributed by atoms with Crippen LogP contribution in [0.15, 0.2) is 47.6 Å². The summed E-state index contributed by atoms with van der Waals surface area (Å²) < 4.78 is 62.8. The van der Waals surface area contributed by atoms with Crippen molar-refractivity contribution in [2.45, 2.75) is 193 Å². The van der Waals surface area contributed by atoms with E-state index in [4.69, 9.17) is 52.1 Å². The Labute approximate surface area is 528 Å². The molecule has 0 aromatic heterocycles. The number of cyclic esters (lactones) is 1. The Morgan fingerprint density at radius 3 is 2.07 bits per heavy atom. The molecule has 3 amide bonds. The molecule has 3 heterocycles. The molecule has 89 heavy (non-hydrogen) atoms. The smallest absolute Gasteiger partial charge is 0.407 e. The molecule has 0 spiro atoms. The molecule has 4 rings (SSSR count). The van der Waals surface area contributed by atoms with Crippen molar-refractivity contribution in [1.29, 1.82) is 0 Å². The van der Waals surface area contributed by atoms with Crippen LogP contribution in [0.25, 0.3) is 0 Å². The molecule has 16 atom stereocenters. The zero-order valence-electron chi connectivity index (χ0n) is 55.0. The fourth-order valence-corrected chi connectivity index (χ4v) is 12.1. The van der Waals surface area contributed by atoms with Gasteiger partial charge in [-0.2, -0.15) is 0 Å². The highest BCUT2D eigenvalue weighted by Crippen LogP contribution is 2.38. The molecule has 0 aromatic carbocycles. The van der Waals surface area contributed by atoms with Crippen LogP contribution >= 0.6 is 0 Å². The van der Waals surface area contributed by atoms with Gasteiger partial charge in [0.1, 0.15) is 30.5 Å². The topological polar surface area (TPSA) is 292 Å². The van der Waals surface area contributed by atoms with Crippen LogP contribution in [0.3, 0.4) is 0 Å². The Bertz CT molecular complexity index is 2280. The van der Waals surface area contributed by atoms with Crippen molar-refractivity contribution in [3.05, 3.63) is 47.6 Å². The van der Waals surface area contributed by atoms with E-state index in [9.17, 15) is 44.1 Å². The summed E-state index contributed by atoms with van der Waals surface area (Å²) in [6, 6.07) is -1.17. The van der Waals surface area contributed by atoms with E-state index in [1.54, 1.807) is 48.2 Å². The van der Waals surface area contributed by atoms with Crippen molar-refractivity contribution in [3.8, 4) is 0 Å². The van der Waals surface area contributed by atoms with Gasteiger partial charge < -0.3 is 83.0 Å². The molecule has 508 valence electrons. The van der Waals surface area contributed by atoms with Gasteiger partial charge in [-0.05, 0) is 107 Å². The average Bonchev–Trinajstić information content (AvgIpc) is 0.948. The minimum Gasteiger partial charge on any atom is -0.460 e. The Morgan fingerprint density at radius 2 is 1.40 bits per heavy atom. The van der Waals surface area contributed by atoms with Crippen LogP contribution < -0.4 is 10.6 Å². The first-order valence-corrected chi connectivity index (χ1v) is 32.2. The molecule has 2 bridgehead atoms. The number of esters is 1.